The number of imide groups is 1. The van der Waals surface area contributed by atoms with Crippen LogP contribution < -0.4 is 14.5 Å². The first-order valence-corrected chi connectivity index (χ1v) is 13.2. The summed E-state index contributed by atoms with van der Waals surface area (Å²) in [6.07, 6.45) is 2.22. The van der Waals surface area contributed by atoms with Crippen LogP contribution in [0.2, 0.25) is 5.02 Å². The van der Waals surface area contributed by atoms with Crippen molar-refractivity contribution in [1.82, 2.24) is 9.97 Å². The molecule has 9 nitrogen and oxygen atoms in total. The molecule has 4 aromatic rings. The van der Waals surface area contributed by atoms with Crippen LogP contribution in [0, 0.1) is 12.7 Å². The predicted molar refractivity (Wildman–Crippen MR) is 151 cm³/mol. The molecule has 0 atom stereocenters. The molecular weight excluding hydrogens is 551 g/mol. The maximum Gasteiger partial charge on any atom is 0.415 e. The second-order valence-electron chi connectivity index (χ2n) is 10.7. The first-order chi connectivity index (χ1) is 19.5. The van der Waals surface area contributed by atoms with E-state index in [1.165, 1.54) is 23.4 Å². The zero-order valence-electron chi connectivity index (χ0n) is 22.6. The van der Waals surface area contributed by atoms with E-state index < -0.39 is 29.3 Å². The fraction of sp³-hybridized carbons (Fsp3) is 0.233. The summed E-state index contributed by atoms with van der Waals surface area (Å²) in [6.45, 7) is 7.49. The molecule has 0 bridgehead atoms. The fourth-order valence-electron chi connectivity index (χ4n) is 5.04. The van der Waals surface area contributed by atoms with Gasteiger partial charge in [-0.05, 0) is 62.9 Å². The van der Waals surface area contributed by atoms with Gasteiger partial charge in [-0.2, -0.15) is 0 Å². The Morgan fingerprint density at radius 1 is 1.02 bits per heavy atom. The SMILES string of the molecule is Cc1c(-c2cc3cc(N4C(=O)c5ccccc5C4=O)ncc3c(Cl)c2F)cnc2c1N(C(=O)OC(C)(C)C)CCO2. The standard InChI is InChI=1S/C30H24ClFN4O5/c1-15-20(13-34-26-25(15)35(9-10-40-26)29(39)41-30(2,3)4)19-11-16-12-22(33-14-21(16)23(31)24(19)32)36-27(37)17-7-5-6-8-18(17)28(36)38/h5-8,11-14H,9-10H2,1-4H3. The summed E-state index contributed by atoms with van der Waals surface area (Å²) in [6, 6.07) is 9.59. The Kier molecular flexibility index (Phi) is 6.18. The number of hydrogen-bond donors (Lipinski definition) is 0. The number of nitrogens with zero attached hydrogens (tertiary/aromatic N) is 4. The Balaban J connectivity index is 1.46. The van der Waals surface area contributed by atoms with E-state index in [4.69, 9.17) is 21.1 Å². The summed E-state index contributed by atoms with van der Waals surface area (Å²) in [7, 11) is 0. The van der Waals surface area contributed by atoms with Crippen LogP contribution in [0.5, 0.6) is 5.88 Å². The summed E-state index contributed by atoms with van der Waals surface area (Å²) >= 11 is 6.48. The summed E-state index contributed by atoms with van der Waals surface area (Å²) in [5.74, 6) is -1.39. The molecule has 0 fully saturated rings. The topological polar surface area (TPSA) is 102 Å². The highest BCUT2D eigenvalue weighted by molar-refractivity contribution is 6.37. The van der Waals surface area contributed by atoms with Crippen molar-refractivity contribution >= 4 is 51.8 Å². The van der Waals surface area contributed by atoms with E-state index in [1.807, 2.05) is 0 Å². The second-order valence-corrected chi connectivity index (χ2v) is 11.1. The molecule has 2 aliphatic heterocycles. The van der Waals surface area contributed by atoms with Crippen molar-refractivity contribution < 1.29 is 28.2 Å². The zero-order valence-corrected chi connectivity index (χ0v) is 23.4. The van der Waals surface area contributed by atoms with E-state index in [0.717, 1.165) is 4.90 Å². The molecule has 2 aromatic carbocycles. The minimum Gasteiger partial charge on any atom is -0.474 e. The molecule has 3 amide bonds. The van der Waals surface area contributed by atoms with Gasteiger partial charge in [-0.25, -0.2) is 24.1 Å². The summed E-state index contributed by atoms with van der Waals surface area (Å²) in [5.41, 5.74) is 1.24. The van der Waals surface area contributed by atoms with Crippen LogP contribution in [0.25, 0.3) is 21.9 Å². The lowest BCUT2D eigenvalue weighted by Gasteiger charge is -2.32. The van der Waals surface area contributed by atoms with E-state index in [1.54, 1.807) is 58.0 Å². The van der Waals surface area contributed by atoms with E-state index in [9.17, 15) is 14.4 Å². The van der Waals surface area contributed by atoms with Gasteiger partial charge in [0.05, 0.1) is 22.7 Å². The van der Waals surface area contributed by atoms with Gasteiger partial charge in [0, 0.05) is 28.9 Å². The molecule has 0 saturated heterocycles. The van der Waals surface area contributed by atoms with Gasteiger partial charge in [-0.15, -0.1) is 0 Å². The number of carbonyl (C=O) groups excluding carboxylic acids is 3. The third-order valence-corrected chi connectivity index (χ3v) is 7.28. The lowest BCUT2D eigenvalue weighted by molar-refractivity contribution is 0.0566. The van der Waals surface area contributed by atoms with Crippen LogP contribution in [-0.4, -0.2) is 46.6 Å². The largest absolute Gasteiger partial charge is 0.474 e. The highest BCUT2D eigenvalue weighted by Gasteiger charge is 2.37. The van der Waals surface area contributed by atoms with Crippen molar-refractivity contribution in [1.29, 1.82) is 0 Å². The van der Waals surface area contributed by atoms with Gasteiger partial charge in [-0.3, -0.25) is 14.5 Å². The van der Waals surface area contributed by atoms with Gasteiger partial charge in [0.15, 0.2) is 0 Å². The molecule has 0 spiro atoms. The van der Waals surface area contributed by atoms with E-state index in [0.29, 0.717) is 27.6 Å². The van der Waals surface area contributed by atoms with Crippen LogP contribution in [0.3, 0.4) is 0 Å². The maximum absolute atomic E-state index is 15.8. The summed E-state index contributed by atoms with van der Waals surface area (Å²) in [5, 5.41) is 0.567. The number of rotatable bonds is 2. The Bertz CT molecular complexity index is 1770. The van der Waals surface area contributed by atoms with Crippen molar-refractivity contribution in [2.24, 2.45) is 0 Å². The van der Waals surface area contributed by atoms with Gasteiger partial charge < -0.3 is 9.47 Å². The lowest BCUT2D eigenvalue weighted by atomic mass is 9.97. The third-order valence-electron chi connectivity index (χ3n) is 6.91. The highest BCUT2D eigenvalue weighted by atomic mass is 35.5. The number of hydrogen-bond acceptors (Lipinski definition) is 7. The first-order valence-electron chi connectivity index (χ1n) is 12.8. The van der Waals surface area contributed by atoms with E-state index in [-0.39, 0.29) is 46.6 Å². The number of halogens is 2. The van der Waals surface area contributed by atoms with Crippen LogP contribution in [0.4, 0.5) is 20.7 Å². The minimum atomic E-state index is -0.725. The second kappa shape index (κ2) is 9.52. The average molecular weight is 575 g/mol. The molecule has 208 valence electrons. The molecule has 0 unspecified atom stereocenters. The summed E-state index contributed by atoms with van der Waals surface area (Å²) < 4.78 is 27.0. The van der Waals surface area contributed by atoms with Crippen LogP contribution in [0.15, 0.2) is 48.8 Å². The van der Waals surface area contributed by atoms with Crippen LogP contribution in [0.1, 0.15) is 47.1 Å². The van der Waals surface area contributed by atoms with E-state index >= 15 is 4.39 Å². The molecule has 0 N–H and O–H groups in total. The maximum atomic E-state index is 15.8. The first kappa shape index (κ1) is 26.6. The van der Waals surface area contributed by atoms with Gasteiger partial charge in [0.2, 0.25) is 5.88 Å². The molecular formula is C30H24ClFN4O5. The molecule has 4 heterocycles. The zero-order chi connectivity index (χ0) is 29.2. The normalized spacial score (nSPS) is 14.7. The van der Waals surface area contributed by atoms with Crippen molar-refractivity contribution in [3.63, 3.8) is 0 Å². The molecule has 0 saturated carbocycles. The van der Waals surface area contributed by atoms with Gasteiger partial charge in [0.1, 0.15) is 29.5 Å². The predicted octanol–water partition coefficient (Wildman–Crippen LogP) is 6.33. The molecule has 0 radical (unpaired) electrons. The van der Waals surface area contributed by atoms with Crippen molar-refractivity contribution in [3.8, 4) is 17.0 Å². The molecule has 2 aromatic heterocycles. The minimum absolute atomic E-state index is 0.0853. The molecule has 41 heavy (non-hydrogen) atoms. The molecule has 6 rings (SSSR count). The van der Waals surface area contributed by atoms with Crippen molar-refractivity contribution in [2.75, 3.05) is 23.0 Å². The van der Waals surface area contributed by atoms with Crippen molar-refractivity contribution in [3.05, 3.63) is 76.3 Å². The number of anilines is 2. The Labute approximate surface area is 239 Å². The fourth-order valence-corrected chi connectivity index (χ4v) is 5.30. The Morgan fingerprint density at radius 3 is 2.37 bits per heavy atom. The Morgan fingerprint density at radius 2 is 1.71 bits per heavy atom. The quantitative estimate of drug-likeness (QED) is 0.258. The van der Waals surface area contributed by atoms with Gasteiger partial charge >= 0.3 is 6.09 Å². The van der Waals surface area contributed by atoms with Crippen molar-refractivity contribution in [2.45, 2.75) is 33.3 Å². The number of aromatic nitrogens is 2. The number of ether oxygens (including phenoxy) is 2. The number of fused-ring (bicyclic) bond motifs is 3. The van der Waals surface area contributed by atoms with E-state index in [2.05, 4.69) is 9.97 Å². The summed E-state index contributed by atoms with van der Waals surface area (Å²) in [4.78, 5) is 50.1. The lowest BCUT2D eigenvalue weighted by Crippen LogP contribution is -2.42. The van der Waals surface area contributed by atoms with Crippen LogP contribution in [-0.2, 0) is 4.74 Å². The number of amides is 3. The van der Waals surface area contributed by atoms with Crippen LogP contribution >= 0.6 is 11.6 Å². The monoisotopic (exact) mass is 574 g/mol. The Hall–Kier alpha value is -4.57. The van der Waals surface area contributed by atoms with Gasteiger partial charge in [-0.1, -0.05) is 23.7 Å². The number of pyridine rings is 2. The highest BCUT2D eigenvalue weighted by Crippen LogP contribution is 2.42. The number of benzene rings is 2. The smallest absolute Gasteiger partial charge is 0.415 e. The third kappa shape index (κ3) is 4.35. The van der Waals surface area contributed by atoms with Gasteiger partial charge in [0.25, 0.3) is 11.8 Å². The molecule has 2 aliphatic rings. The molecule has 11 heteroatoms. The number of carbonyl (C=O) groups is 3. The molecule has 0 aliphatic carbocycles. The average Bonchev–Trinajstić information content (AvgIpc) is 3.19.